The predicted octanol–water partition coefficient (Wildman–Crippen LogP) is 5.77. The SMILES string of the molecule is CC1CC2(CCN(c3ccc(C(=O)N4CCN(C(CCNC=O)CCOC(C)(C)C)CC4)cc3)CC2)CN1c1ccc(C#N)cc1.CCl. The van der Waals surface area contributed by atoms with Crippen LogP contribution in [0.4, 0.5) is 11.4 Å². The normalized spacial score (nSPS) is 20.1. The van der Waals surface area contributed by atoms with Gasteiger partial charge in [-0.25, -0.2) is 0 Å². The number of hydrogen-bond acceptors (Lipinski definition) is 7. The van der Waals surface area contributed by atoms with Crippen molar-refractivity contribution in [3.8, 4) is 6.07 Å². The lowest BCUT2D eigenvalue weighted by molar-refractivity contribution is -0.109. The zero-order valence-electron chi connectivity index (χ0n) is 29.6. The van der Waals surface area contributed by atoms with Gasteiger partial charge in [0.1, 0.15) is 0 Å². The number of alkyl halides is 1. The molecule has 262 valence electrons. The molecule has 2 atom stereocenters. The molecule has 48 heavy (non-hydrogen) atoms. The molecule has 0 radical (unpaired) electrons. The van der Waals surface area contributed by atoms with Crippen LogP contribution in [0.5, 0.6) is 0 Å². The molecule has 10 heteroatoms. The van der Waals surface area contributed by atoms with E-state index in [4.69, 9.17) is 10.00 Å². The van der Waals surface area contributed by atoms with Gasteiger partial charge < -0.3 is 24.8 Å². The molecule has 3 fully saturated rings. The van der Waals surface area contributed by atoms with Crippen LogP contribution < -0.4 is 15.1 Å². The van der Waals surface area contributed by atoms with Crippen molar-refractivity contribution in [2.24, 2.45) is 5.41 Å². The molecule has 3 heterocycles. The number of piperidine rings is 1. The van der Waals surface area contributed by atoms with E-state index in [1.165, 1.54) is 24.2 Å². The van der Waals surface area contributed by atoms with E-state index in [2.05, 4.69) is 89.6 Å². The van der Waals surface area contributed by atoms with Gasteiger partial charge in [0.2, 0.25) is 6.41 Å². The smallest absolute Gasteiger partial charge is 0.253 e. The molecule has 2 unspecified atom stereocenters. The Bertz CT molecular complexity index is 1340. The van der Waals surface area contributed by atoms with Gasteiger partial charge in [-0.05, 0) is 114 Å². The molecule has 3 saturated heterocycles. The number of carbonyl (C=O) groups is 2. The third kappa shape index (κ3) is 9.87. The number of carbonyl (C=O) groups excluding carboxylic acids is 2. The van der Waals surface area contributed by atoms with Gasteiger partial charge >= 0.3 is 0 Å². The minimum Gasteiger partial charge on any atom is -0.376 e. The highest BCUT2D eigenvalue weighted by atomic mass is 35.5. The number of nitrogens with one attached hydrogen (secondary N) is 1. The van der Waals surface area contributed by atoms with Gasteiger partial charge in [0.05, 0.1) is 17.2 Å². The second kappa shape index (κ2) is 17.4. The highest BCUT2D eigenvalue weighted by Crippen LogP contribution is 2.45. The molecule has 2 aromatic carbocycles. The first-order chi connectivity index (χ1) is 23.1. The number of piperazine rings is 1. The van der Waals surface area contributed by atoms with Crippen LogP contribution in [0.2, 0.25) is 0 Å². The summed E-state index contributed by atoms with van der Waals surface area (Å²) >= 11 is 4.64. The fraction of sp³-hybridized carbons (Fsp3) is 0.605. The van der Waals surface area contributed by atoms with Crippen LogP contribution in [0.15, 0.2) is 48.5 Å². The number of amides is 2. The molecule has 2 aromatic rings. The van der Waals surface area contributed by atoms with Crippen LogP contribution in [0.1, 0.15) is 75.7 Å². The van der Waals surface area contributed by atoms with Crippen molar-refractivity contribution in [2.75, 3.05) is 75.1 Å². The first-order valence-electron chi connectivity index (χ1n) is 17.4. The Morgan fingerprint density at radius 1 is 1.00 bits per heavy atom. The minimum atomic E-state index is -0.174. The van der Waals surface area contributed by atoms with Crippen LogP contribution in [0.3, 0.4) is 0 Å². The fourth-order valence-electron chi connectivity index (χ4n) is 7.60. The minimum absolute atomic E-state index is 0.0990. The zero-order chi connectivity index (χ0) is 34.7. The van der Waals surface area contributed by atoms with E-state index in [1.54, 1.807) is 0 Å². The van der Waals surface area contributed by atoms with Crippen molar-refractivity contribution in [1.82, 2.24) is 15.1 Å². The monoisotopic (exact) mass is 678 g/mol. The Kier molecular flexibility index (Phi) is 13.6. The van der Waals surface area contributed by atoms with Crippen molar-refractivity contribution in [1.29, 1.82) is 5.26 Å². The molecule has 0 aliphatic carbocycles. The molecule has 1 spiro atoms. The van der Waals surface area contributed by atoms with E-state index in [1.807, 2.05) is 29.2 Å². The van der Waals surface area contributed by atoms with Crippen molar-refractivity contribution >= 4 is 35.3 Å². The lowest BCUT2D eigenvalue weighted by Crippen LogP contribution is -2.52. The van der Waals surface area contributed by atoms with Gasteiger partial charge in [-0.2, -0.15) is 5.26 Å². The quantitative estimate of drug-likeness (QED) is 0.183. The highest BCUT2D eigenvalue weighted by Gasteiger charge is 2.44. The van der Waals surface area contributed by atoms with E-state index in [0.717, 1.165) is 70.4 Å². The number of nitrogens with zero attached hydrogens (tertiary/aromatic N) is 5. The number of halogens is 1. The van der Waals surface area contributed by atoms with Gasteiger partial charge in [-0.15, -0.1) is 11.6 Å². The van der Waals surface area contributed by atoms with Crippen LogP contribution >= 0.6 is 11.6 Å². The Hall–Kier alpha value is -3.32. The van der Waals surface area contributed by atoms with Crippen LogP contribution in [0.25, 0.3) is 0 Å². The predicted molar refractivity (Wildman–Crippen MR) is 195 cm³/mol. The van der Waals surface area contributed by atoms with Crippen molar-refractivity contribution < 1.29 is 14.3 Å². The summed E-state index contributed by atoms with van der Waals surface area (Å²) in [7, 11) is 0. The van der Waals surface area contributed by atoms with Gasteiger partial charge in [0.25, 0.3) is 5.91 Å². The van der Waals surface area contributed by atoms with E-state index in [9.17, 15) is 9.59 Å². The molecular formula is C38H55ClN6O3. The Morgan fingerprint density at radius 2 is 1.62 bits per heavy atom. The molecule has 1 N–H and O–H groups in total. The molecule has 5 rings (SSSR count). The van der Waals surface area contributed by atoms with E-state index >= 15 is 0 Å². The van der Waals surface area contributed by atoms with Crippen molar-refractivity contribution in [3.05, 3.63) is 59.7 Å². The number of hydrogen-bond donors (Lipinski definition) is 1. The second-order valence-corrected chi connectivity index (χ2v) is 14.5. The molecule has 9 nitrogen and oxygen atoms in total. The summed E-state index contributed by atoms with van der Waals surface area (Å²) in [5.41, 5.74) is 4.01. The van der Waals surface area contributed by atoms with Crippen LogP contribution in [-0.4, -0.2) is 105 Å². The molecule has 2 amide bonds. The number of anilines is 2. The summed E-state index contributed by atoms with van der Waals surface area (Å²) in [4.78, 5) is 33.7. The summed E-state index contributed by atoms with van der Waals surface area (Å²) in [5.74, 6) is 0.0990. The average Bonchev–Trinajstić information content (AvgIpc) is 3.43. The summed E-state index contributed by atoms with van der Waals surface area (Å²) in [5, 5.41) is 12.0. The first-order valence-corrected chi connectivity index (χ1v) is 18.2. The van der Waals surface area contributed by atoms with Crippen LogP contribution in [0, 0.1) is 16.7 Å². The summed E-state index contributed by atoms with van der Waals surface area (Å²) in [6.07, 6.45) is 7.51. The number of benzene rings is 2. The average molecular weight is 679 g/mol. The van der Waals surface area contributed by atoms with Crippen LogP contribution in [-0.2, 0) is 9.53 Å². The molecule has 0 aromatic heterocycles. The topological polar surface area (TPSA) is 92.2 Å². The molecular weight excluding hydrogens is 624 g/mol. The largest absolute Gasteiger partial charge is 0.376 e. The first kappa shape index (κ1) is 37.5. The molecule has 3 aliphatic heterocycles. The molecule has 3 aliphatic rings. The van der Waals surface area contributed by atoms with E-state index in [-0.39, 0.29) is 11.5 Å². The van der Waals surface area contributed by atoms with Gasteiger partial charge in [0, 0.05) is 94.4 Å². The maximum atomic E-state index is 13.4. The van der Waals surface area contributed by atoms with E-state index < -0.39 is 0 Å². The molecule has 0 saturated carbocycles. The highest BCUT2D eigenvalue weighted by molar-refractivity contribution is 6.15. The van der Waals surface area contributed by atoms with Crippen molar-refractivity contribution in [2.45, 2.75) is 77.5 Å². The number of rotatable bonds is 11. The Morgan fingerprint density at radius 3 is 2.21 bits per heavy atom. The van der Waals surface area contributed by atoms with E-state index in [0.29, 0.717) is 49.3 Å². The third-order valence-electron chi connectivity index (χ3n) is 10.2. The summed E-state index contributed by atoms with van der Waals surface area (Å²) in [6.45, 7) is 16.0. The maximum absolute atomic E-state index is 13.4. The zero-order valence-corrected chi connectivity index (χ0v) is 30.3. The Labute approximate surface area is 293 Å². The van der Waals surface area contributed by atoms with Crippen molar-refractivity contribution in [3.63, 3.8) is 0 Å². The standard InChI is InChI=1S/C37H52N6O3.CH3Cl/c1-29-25-37(27-43(29)34-9-5-30(26-38)6-10-34)15-18-40(19-16-37)32-11-7-31(8-12-32)35(45)42-22-20-41(21-23-42)33(13-17-39-28-44)14-24-46-36(2,3)4;1-2/h5-12,28-29,33H,13-25,27H2,1-4H3,(H,39,44);1H3. The second-order valence-electron chi connectivity index (χ2n) is 14.5. The lowest BCUT2D eigenvalue weighted by atomic mass is 9.76. The lowest BCUT2D eigenvalue weighted by Gasteiger charge is -2.40. The Balaban J connectivity index is 0.00000255. The summed E-state index contributed by atoms with van der Waals surface area (Å²) in [6, 6.07) is 19.3. The maximum Gasteiger partial charge on any atom is 0.253 e. The molecule has 0 bridgehead atoms. The van der Waals surface area contributed by atoms with Gasteiger partial charge in [-0.3, -0.25) is 14.5 Å². The number of nitriles is 1. The fourth-order valence-corrected chi connectivity index (χ4v) is 7.60. The number of ether oxygens (including phenoxy) is 1. The van der Waals surface area contributed by atoms with Gasteiger partial charge in [-0.1, -0.05) is 0 Å². The van der Waals surface area contributed by atoms with Gasteiger partial charge in [0.15, 0.2) is 0 Å². The summed E-state index contributed by atoms with van der Waals surface area (Å²) < 4.78 is 5.99. The third-order valence-corrected chi connectivity index (χ3v) is 10.2.